The number of halogens is 1. The van der Waals surface area contributed by atoms with Crippen molar-refractivity contribution >= 4 is 17.3 Å². The third-order valence-corrected chi connectivity index (χ3v) is 6.65. The van der Waals surface area contributed by atoms with Crippen LogP contribution in [-0.4, -0.2) is 62.4 Å². The van der Waals surface area contributed by atoms with Crippen LogP contribution in [0.25, 0.3) is 11.2 Å². The van der Waals surface area contributed by atoms with Crippen molar-refractivity contribution in [1.82, 2.24) is 19.5 Å². The second-order valence-electron chi connectivity index (χ2n) is 8.41. The zero-order valence-corrected chi connectivity index (χ0v) is 18.5. The molecule has 3 aliphatic heterocycles. The number of hydrogen-bond donors (Lipinski definition) is 2. The van der Waals surface area contributed by atoms with Gasteiger partial charge < -0.3 is 26.2 Å². The van der Waals surface area contributed by atoms with Crippen molar-refractivity contribution in [2.24, 2.45) is 5.92 Å². The van der Waals surface area contributed by atoms with Crippen LogP contribution in [0.2, 0.25) is 0 Å². The highest BCUT2D eigenvalue weighted by molar-refractivity contribution is 5.83. The highest BCUT2D eigenvalue weighted by Gasteiger charge is 2.47. The molecule has 3 aromatic rings. The monoisotopic (exact) mass is 489 g/mol. The lowest BCUT2D eigenvalue weighted by Gasteiger charge is -2.52. The van der Waals surface area contributed by atoms with E-state index >= 15 is 0 Å². The Morgan fingerprint density at radius 3 is 2.65 bits per heavy atom. The molecule has 3 aliphatic rings. The second kappa shape index (κ2) is 8.43. The predicted molar refractivity (Wildman–Crippen MR) is 109 cm³/mol. The van der Waals surface area contributed by atoms with Gasteiger partial charge in [0.05, 0.1) is 19.6 Å². The minimum Gasteiger partial charge on any atom is -1.00 e. The van der Waals surface area contributed by atoms with Crippen LogP contribution in [0.1, 0.15) is 18.4 Å². The van der Waals surface area contributed by atoms with E-state index in [1.54, 1.807) is 0 Å². The van der Waals surface area contributed by atoms with Gasteiger partial charge in [-0.3, -0.25) is 14.8 Å². The summed E-state index contributed by atoms with van der Waals surface area (Å²) in [7, 11) is 0. The number of ether oxygens (including phenoxy) is 1. The molecule has 0 amide bonds. The molecule has 3 saturated heterocycles. The Balaban J connectivity index is 0.00000231. The Kier molecular flexibility index (Phi) is 5.85. The van der Waals surface area contributed by atoms with Gasteiger partial charge in [-0.1, -0.05) is 30.3 Å². The highest BCUT2D eigenvalue weighted by atomic mass is 79.9. The molecule has 10 heteroatoms. The Labute approximate surface area is 188 Å². The summed E-state index contributed by atoms with van der Waals surface area (Å²) in [5.74, 6) is 0.350. The third-order valence-electron chi connectivity index (χ3n) is 6.65. The second-order valence-corrected chi connectivity index (χ2v) is 8.41. The summed E-state index contributed by atoms with van der Waals surface area (Å²) >= 11 is 0. The number of benzene rings is 1. The SMILES string of the molecule is O=C(O[C@H]1C[N+]2(CCc3ccccc3)CCC1CC2)n1cnc2c(=O)[nH]c(=O)[nH]c21.[Br-]. The fourth-order valence-corrected chi connectivity index (χ4v) is 4.94. The number of fused-ring (bicyclic) bond motifs is 4. The Morgan fingerprint density at radius 2 is 1.90 bits per heavy atom. The molecule has 0 aliphatic carbocycles. The van der Waals surface area contributed by atoms with E-state index < -0.39 is 17.3 Å². The standard InChI is InChI=1S/C21H23N5O4.BrH/c27-19-17-18(23-20(28)24-19)25(13-22-17)21(29)30-16-12-26(10-7-15(16)8-11-26)9-6-14-4-2-1-3-5-14;/h1-5,13,15-16H,6-12H2,(H-,23,24,27,28);1H/t15?,16-,26?;/m0./s1. The van der Waals surface area contributed by atoms with E-state index in [-0.39, 0.29) is 34.2 Å². The van der Waals surface area contributed by atoms with Crippen molar-refractivity contribution in [2.45, 2.75) is 25.4 Å². The fourth-order valence-electron chi connectivity index (χ4n) is 4.94. The van der Waals surface area contributed by atoms with Crippen LogP contribution >= 0.6 is 0 Å². The van der Waals surface area contributed by atoms with Crippen LogP contribution in [0.4, 0.5) is 4.79 Å². The molecule has 5 heterocycles. The van der Waals surface area contributed by atoms with E-state index in [1.165, 1.54) is 11.9 Å². The van der Waals surface area contributed by atoms with E-state index in [0.717, 1.165) is 54.5 Å². The normalized spacial score (nSPS) is 24.6. The van der Waals surface area contributed by atoms with Gasteiger partial charge in [0.2, 0.25) is 0 Å². The van der Waals surface area contributed by atoms with Crippen LogP contribution in [0.5, 0.6) is 0 Å². The number of nitrogens with zero attached hydrogens (tertiary/aromatic N) is 3. The fraction of sp³-hybridized carbons (Fsp3) is 0.429. The summed E-state index contributed by atoms with van der Waals surface area (Å²) < 4.78 is 7.94. The van der Waals surface area contributed by atoms with Crippen LogP contribution in [0, 0.1) is 5.92 Å². The van der Waals surface area contributed by atoms with Crippen LogP contribution in [0.15, 0.2) is 46.2 Å². The highest BCUT2D eigenvalue weighted by Crippen LogP contribution is 2.36. The van der Waals surface area contributed by atoms with Crippen molar-refractivity contribution < 1.29 is 31.0 Å². The summed E-state index contributed by atoms with van der Waals surface area (Å²) in [5.41, 5.74) is 0.0731. The van der Waals surface area contributed by atoms with Gasteiger partial charge >= 0.3 is 11.8 Å². The number of hydrogen-bond acceptors (Lipinski definition) is 5. The minimum absolute atomic E-state index is 0. The molecule has 1 atom stereocenters. The van der Waals surface area contributed by atoms with Crippen molar-refractivity contribution in [3.8, 4) is 0 Å². The lowest BCUT2D eigenvalue weighted by molar-refractivity contribution is -0.945. The van der Waals surface area contributed by atoms with Gasteiger partial charge in [-0.2, -0.15) is 0 Å². The number of carbonyl (C=O) groups excluding carboxylic acids is 1. The molecular weight excluding hydrogens is 466 g/mol. The summed E-state index contributed by atoms with van der Waals surface area (Å²) in [6, 6.07) is 10.5. The van der Waals surface area contributed by atoms with Gasteiger partial charge in [0.25, 0.3) is 5.56 Å². The maximum Gasteiger partial charge on any atom is 0.421 e. The molecule has 1 aromatic carbocycles. The van der Waals surface area contributed by atoms with Crippen LogP contribution < -0.4 is 28.2 Å². The van der Waals surface area contributed by atoms with Gasteiger partial charge in [-0.15, -0.1) is 0 Å². The van der Waals surface area contributed by atoms with Crippen LogP contribution in [0.3, 0.4) is 0 Å². The molecule has 2 aromatic heterocycles. The molecule has 2 bridgehead atoms. The van der Waals surface area contributed by atoms with Gasteiger partial charge in [-0.25, -0.2) is 19.1 Å². The number of aromatic amines is 2. The summed E-state index contributed by atoms with van der Waals surface area (Å²) in [5, 5.41) is 0. The average Bonchev–Trinajstić information content (AvgIpc) is 3.18. The largest absolute Gasteiger partial charge is 1.00 e. The maximum absolute atomic E-state index is 12.8. The van der Waals surface area contributed by atoms with Crippen LogP contribution in [-0.2, 0) is 11.2 Å². The van der Waals surface area contributed by atoms with E-state index in [2.05, 4.69) is 39.2 Å². The molecule has 0 unspecified atom stereocenters. The number of imidazole rings is 1. The number of piperidine rings is 3. The lowest BCUT2D eigenvalue weighted by Crippen LogP contribution is -3.00. The number of nitrogens with one attached hydrogen (secondary N) is 2. The third kappa shape index (κ3) is 4.09. The smallest absolute Gasteiger partial charge is 0.421 e. The summed E-state index contributed by atoms with van der Waals surface area (Å²) in [4.78, 5) is 44.8. The van der Waals surface area contributed by atoms with E-state index in [1.807, 2.05) is 6.07 Å². The van der Waals surface area contributed by atoms with Crippen molar-refractivity contribution in [3.05, 3.63) is 63.1 Å². The molecule has 164 valence electrons. The van der Waals surface area contributed by atoms with E-state index in [4.69, 9.17) is 4.74 Å². The molecule has 6 rings (SSSR count). The first kappa shape index (κ1) is 21.5. The number of quaternary nitrogens is 1. The van der Waals surface area contributed by atoms with E-state index in [0.29, 0.717) is 5.92 Å². The molecular formula is C21H24BrN5O4. The van der Waals surface area contributed by atoms with Crippen molar-refractivity contribution in [3.63, 3.8) is 0 Å². The van der Waals surface area contributed by atoms with Gasteiger partial charge in [0, 0.05) is 25.2 Å². The number of carbonyl (C=O) groups is 1. The molecule has 0 saturated carbocycles. The predicted octanol–water partition coefficient (Wildman–Crippen LogP) is -1.75. The summed E-state index contributed by atoms with van der Waals surface area (Å²) in [6.07, 6.45) is 3.50. The summed E-state index contributed by atoms with van der Waals surface area (Å²) in [6.45, 7) is 4.05. The molecule has 9 nitrogen and oxygen atoms in total. The van der Waals surface area contributed by atoms with Gasteiger partial charge in [0.1, 0.15) is 12.9 Å². The zero-order valence-electron chi connectivity index (χ0n) is 16.9. The maximum atomic E-state index is 12.8. The quantitative estimate of drug-likeness (QED) is 0.422. The molecule has 0 spiro atoms. The van der Waals surface area contributed by atoms with Gasteiger partial charge in [-0.05, 0) is 5.56 Å². The first-order valence-electron chi connectivity index (χ1n) is 10.3. The number of rotatable bonds is 4. The molecule has 3 fully saturated rings. The minimum atomic E-state index is -0.685. The Hall–Kier alpha value is -2.72. The average molecular weight is 490 g/mol. The zero-order chi connectivity index (χ0) is 20.7. The lowest BCUT2D eigenvalue weighted by atomic mass is 9.83. The molecule has 0 radical (unpaired) electrons. The van der Waals surface area contributed by atoms with Crippen molar-refractivity contribution in [1.29, 1.82) is 0 Å². The van der Waals surface area contributed by atoms with Crippen molar-refractivity contribution in [2.75, 3.05) is 26.2 Å². The first-order chi connectivity index (χ1) is 14.5. The Bertz CT molecular complexity index is 1190. The number of H-pyrrole nitrogens is 2. The topological polar surface area (TPSA) is 110 Å². The number of aromatic nitrogens is 4. The molecule has 2 N–H and O–H groups in total. The van der Waals surface area contributed by atoms with Gasteiger partial charge in [0.15, 0.2) is 17.3 Å². The molecule has 31 heavy (non-hydrogen) atoms. The Morgan fingerprint density at radius 1 is 1.16 bits per heavy atom. The first-order valence-corrected chi connectivity index (χ1v) is 10.3. The van der Waals surface area contributed by atoms with E-state index in [9.17, 15) is 14.4 Å².